The number of allylic oxidation sites excluding steroid dienone is 1. The van der Waals surface area contributed by atoms with Crippen LogP contribution < -0.4 is 0 Å². The second kappa shape index (κ2) is 4.24. The van der Waals surface area contributed by atoms with E-state index in [4.69, 9.17) is 4.74 Å². The Labute approximate surface area is 106 Å². The molecular formula is C13H14O4S. The maximum absolute atomic E-state index is 12.2. The van der Waals surface area contributed by atoms with Crippen LogP contribution in [0.5, 0.6) is 0 Å². The number of carbonyl (C=O) groups excluding carboxylic acids is 1. The molecule has 0 radical (unpaired) electrons. The number of carbonyl (C=O) groups is 1. The van der Waals surface area contributed by atoms with Crippen LogP contribution >= 0.6 is 0 Å². The smallest absolute Gasteiger partial charge is 0.213 e. The molecule has 96 valence electrons. The van der Waals surface area contributed by atoms with Crippen LogP contribution in [0.15, 0.2) is 46.4 Å². The van der Waals surface area contributed by atoms with E-state index in [-0.39, 0.29) is 16.2 Å². The highest BCUT2D eigenvalue weighted by Crippen LogP contribution is 2.29. The number of ketones is 1. The van der Waals surface area contributed by atoms with Crippen molar-refractivity contribution in [3.8, 4) is 0 Å². The quantitative estimate of drug-likeness (QED) is 0.822. The Bertz CT molecular complexity index is 597. The van der Waals surface area contributed by atoms with Crippen molar-refractivity contribution in [3.63, 3.8) is 0 Å². The molecule has 0 aromatic heterocycles. The van der Waals surface area contributed by atoms with Gasteiger partial charge in [-0.2, -0.15) is 0 Å². The summed E-state index contributed by atoms with van der Waals surface area (Å²) in [5.74, 6) is -0.407. The molecule has 0 atom stereocenters. The van der Waals surface area contributed by atoms with E-state index in [1.165, 1.54) is 12.1 Å². The van der Waals surface area contributed by atoms with Crippen LogP contribution in [-0.2, 0) is 19.4 Å². The zero-order chi connectivity index (χ0) is 13.4. The van der Waals surface area contributed by atoms with E-state index in [0.717, 1.165) is 6.26 Å². The molecule has 0 bridgehead atoms. The number of Topliss-reactive ketones (excluding diaryl/α,β-unsaturated/α-hetero) is 1. The Kier molecular flexibility index (Phi) is 3.02. The molecule has 4 nitrogen and oxygen atoms in total. The fraction of sp³-hybridized carbons (Fsp3) is 0.308. The van der Waals surface area contributed by atoms with Crippen molar-refractivity contribution in [2.75, 3.05) is 0 Å². The molecule has 1 heterocycles. The van der Waals surface area contributed by atoms with Gasteiger partial charge < -0.3 is 4.74 Å². The highest BCUT2D eigenvalue weighted by atomic mass is 32.2. The second-order valence-electron chi connectivity index (χ2n) is 4.78. The van der Waals surface area contributed by atoms with E-state index in [1.54, 1.807) is 32.0 Å². The van der Waals surface area contributed by atoms with Crippen molar-refractivity contribution >= 4 is 15.6 Å². The predicted molar refractivity (Wildman–Crippen MR) is 66.5 cm³/mol. The summed E-state index contributed by atoms with van der Waals surface area (Å²) >= 11 is 0. The predicted octanol–water partition coefficient (Wildman–Crippen LogP) is 2.07. The Balaban J connectivity index is 2.44. The molecule has 18 heavy (non-hydrogen) atoms. The first-order valence-electron chi connectivity index (χ1n) is 5.54. The van der Waals surface area contributed by atoms with E-state index in [2.05, 4.69) is 0 Å². The zero-order valence-electron chi connectivity index (χ0n) is 10.2. The van der Waals surface area contributed by atoms with Gasteiger partial charge >= 0.3 is 0 Å². The number of hydrogen-bond donors (Lipinski definition) is 0. The number of ether oxygens (including phenoxy) is 1. The molecule has 0 aliphatic carbocycles. The number of hydrogen-bond acceptors (Lipinski definition) is 4. The molecule has 0 fully saturated rings. The zero-order valence-corrected chi connectivity index (χ0v) is 11.0. The molecule has 0 amide bonds. The molecule has 1 aliphatic rings. The highest BCUT2D eigenvalue weighted by molar-refractivity contribution is 7.96. The molecular weight excluding hydrogens is 252 g/mol. The van der Waals surface area contributed by atoms with Crippen molar-refractivity contribution < 1.29 is 17.9 Å². The lowest BCUT2D eigenvalue weighted by Crippen LogP contribution is -2.33. The third kappa shape index (κ3) is 2.31. The minimum atomic E-state index is -3.77. The summed E-state index contributed by atoms with van der Waals surface area (Å²) in [4.78, 5) is 11.7. The molecule has 2 rings (SSSR count). The van der Waals surface area contributed by atoms with E-state index in [0.29, 0.717) is 0 Å². The first-order chi connectivity index (χ1) is 8.33. The third-order valence-corrected chi connectivity index (χ3v) is 4.48. The van der Waals surface area contributed by atoms with Crippen LogP contribution in [0.1, 0.15) is 20.3 Å². The first-order valence-corrected chi connectivity index (χ1v) is 7.03. The average Bonchev–Trinajstić information content (AvgIpc) is 2.28. The van der Waals surface area contributed by atoms with Gasteiger partial charge in [0.25, 0.3) is 0 Å². The van der Waals surface area contributed by atoms with Crippen LogP contribution in [0.2, 0.25) is 0 Å². The number of benzene rings is 1. The Morgan fingerprint density at radius 1 is 1.17 bits per heavy atom. The molecule has 1 aliphatic heterocycles. The molecule has 1 aromatic carbocycles. The van der Waals surface area contributed by atoms with Gasteiger partial charge in [-0.1, -0.05) is 18.2 Å². The van der Waals surface area contributed by atoms with Crippen LogP contribution in [0, 0.1) is 0 Å². The molecule has 0 spiro atoms. The summed E-state index contributed by atoms with van der Waals surface area (Å²) in [6.07, 6.45) is 1.12. The summed E-state index contributed by atoms with van der Waals surface area (Å²) in [6, 6.07) is 7.87. The lowest BCUT2D eigenvalue weighted by molar-refractivity contribution is -0.121. The van der Waals surface area contributed by atoms with Crippen molar-refractivity contribution in [2.45, 2.75) is 30.8 Å². The van der Waals surface area contributed by atoms with Crippen molar-refractivity contribution in [3.05, 3.63) is 41.5 Å². The van der Waals surface area contributed by atoms with Crippen LogP contribution in [-0.4, -0.2) is 19.8 Å². The van der Waals surface area contributed by atoms with E-state index in [9.17, 15) is 13.2 Å². The van der Waals surface area contributed by atoms with Gasteiger partial charge in [0.15, 0.2) is 5.78 Å². The van der Waals surface area contributed by atoms with Gasteiger partial charge in [-0.25, -0.2) is 8.42 Å². The average molecular weight is 266 g/mol. The van der Waals surface area contributed by atoms with Crippen molar-refractivity contribution in [1.82, 2.24) is 0 Å². The van der Waals surface area contributed by atoms with Crippen molar-refractivity contribution in [2.24, 2.45) is 0 Å². The van der Waals surface area contributed by atoms with E-state index >= 15 is 0 Å². The molecule has 0 unspecified atom stereocenters. The lowest BCUT2D eigenvalue weighted by Gasteiger charge is -2.28. The fourth-order valence-electron chi connectivity index (χ4n) is 1.73. The lowest BCUT2D eigenvalue weighted by atomic mass is 10.00. The largest absolute Gasteiger partial charge is 0.493 e. The maximum Gasteiger partial charge on any atom is 0.213 e. The summed E-state index contributed by atoms with van der Waals surface area (Å²) in [6.45, 7) is 3.49. The monoisotopic (exact) mass is 266 g/mol. The Morgan fingerprint density at radius 3 is 2.33 bits per heavy atom. The highest BCUT2D eigenvalue weighted by Gasteiger charge is 2.36. The first kappa shape index (κ1) is 12.8. The minimum Gasteiger partial charge on any atom is -0.493 e. The molecule has 5 heteroatoms. The Morgan fingerprint density at radius 2 is 1.78 bits per heavy atom. The van der Waals surface area contributed by atoms with Crippen LogP contribution in [0.3, 0.4) is 0 Å². The van der Waals surface area contributed by atoms with Crippen LogP contribution in [0.25, 0.3) is 0 Å². The van der Waals surface area contributed by atoms with Gasteiger partial charge in [0, 0.05) is 0 Å². The van der Waals surface area contributed by atoms with Gasteiger partial charge in [-0.3, -0.25) is 4.79 Å². The SMILES string of the molecule is CC1(C)CC(=O)C(S(=O)(=O)c2ccccc2)=CO1. The second-order valence-corrected chi connectivity index (χ2v) is 6.69. The standard InChI is InChI=1S/C13H14O4S/c1-13(2)8-11(14)12(9-17-13)18(15,16)10-6-4-3-5-7-10/h3-7,9H,8H2,1-2H3. The molecule has 0 saturated carbocycles. The number of rotatable bonds is 2. The minimum absolute atomic E-state index is 0.0604. The molecule has 0 saturated heterocycles. The summed E-state index contributed by atoms with van der Waals surface area (Å²) < 4.78 is 29.8. The van der Waals surface area contributed by atoms with Gasteiger partial charge in [-0.05, 0) is 26.0 Å². The normalized spacial score (nSPS) is 19.0. The third-order valence-electron chi connectivity index (χ3n) is 2.69. The van der Waals surface area contributed by atoms with E-state index in [1.807, 2.05) is 0 Å². The van der Waals surface area contributed by atoms with Gasteiger partial charge in [0.2, 0.25) is 9.84 Å². The summed E-state index contributed by atoms with van der Waals surface area (Å²) in [5.41, 5.74) is -0.646. The van der Waals surface area contributed by atoms with Gasteiger partial charge in [0.05, 0.1) is 11.3 Å². The van der Waals surface area contributed by atoms with Crippen LogP contribution in [0.4, 0.5) is 0 Å². The molecule has 0 N–H and O–H groups in total. The fourth-order valence-corrected chi connectivity index (χ4v) is 3.05. The maximum atomic E-state index is 12.2. The van der Waals surface area contributed by atoms with Gasteiger partial charge in [0.1, 0.15) is 16.8 Å². The number of sulfone groups is 1. The summed E-state index contributed by atoms with van der Waals surface area (Å²) in [5, 5.41) is 0. The van der Waals surface area contributed by atoms with E-state index < -0.39 is 21.2 Å². The Hall–Kier alpha value is -1.62. The van der Waals surface area contributed by atoms with Crippen molar-refractivity contribution in [1.29, 1.82) is 0 Å². The summed E-state index contributed by atoms with van der Waals surface area (Å²) in [7, 11) is -3.77. The molecule has 1 aromatic rings. The topological polar surface area (TPSA) is 60.4 Å². The van der Waals surface area contributed by atoms with Gasteiger partial charge in [-0.15, -0.1) is 0 Å².